The highest BCUT2D eigenvalue weighted by Gasteiger charge is 2.27. The van der Waals surface area contributed by atoms with Crippen molar-refractivity contribution in [2.75, 3.05) is 6.61 Å². The van der Waals surface area contributed by atoms with E-state index in [0.29, 0.717) is 5.56 Å². The van der Waals surface area contributed by atoms with Gasteiger partial charge < -0.3 is 10.4 Å². The van der Waals surface area contributed by atoms with Crippen molar-refractivity contribution < 1.29 is 9.90 Å². The van der Waals surface area contributed by atoms with Crippen LogP contribution in [-0.4, -0.2) is 23.7 Å². The molecule has 3 nitrogen and oxygen atoms in total. The minimum atomic E-state index is -0.0335. The highest BCUT2D eigenvalue weighted by atomic mass is 127. The third-order valence-electron chi connectivity index (χ3n) is 3.30. The maximum Gasteiger partial charge on any atom is 0.251 e. The van der Waals surface area contributed by atoms with Gasteiger partial charge in [-0.2, -0.15) is 0 Å². The average Bonchev–Trinajstić information content (AvgIpc) is 2.76. The van der Waals surface area contributed by atoms with Crippen LogP contribution in [0.1, 0.15) is 29.6 Å². The molecule has 1 aromatic rings. The van der Waals surface area contributed by atoms with Crippen LogP contribution >= 0.6 is 22.6 Å². The van der Waals surface area contributed by atoms with Crippen LogP contribution in [0.15, 0.2) is 24.3 Å². The van der Waals surface area contributed by atoms with Gasteiger partial charge in [0.25, 0.3) is 5.91 Å². The summed E-state index contributed by atoms with van der Waals surface area (Å²) < 4.78 is 1.06. The number of amides is 1. The largest absolute Gasteiger partial charge is 0.396 e. The molecular weight excluding hydrogens is 329 g/mol. The van der Waals surface area contributed by atoms with Gasteiger partial charge in [0.15, 0.2) is 0 Å². The Balaban J connectivity index is 2.01. The quantitative estimate of drug-likeness (QED) is 0.825. The Hall–Kier alpha value is -0.620. The van der Waals surface area contributed by atoms with Gasteiger partial charge in [0, 0.05) is 27.7 Å². The first kappa shape index (κ1) is 12.8. The molecule has 2 atom stereocenters. The van der Waals surface area contributed by atoms with E-state index >= 15 is 0 Å². The Labute approximate surface area is 115 Å². The van der Waals surface area contributed by atoms with Gasteiger partial charge in [-0.3, -0.25) is 4.79 Å². The zero-order valence-electron chi connectivity index (χ0n) is 9.53. The van der Waals surface area contributed by atoms with Crippen molar-refractivity contribution in [1.82, 2.24) is 5.32 Å². The number of aliphatic hydroxyl groups is 1. The summed E-state index contributed by atoms with van der Waals surface area (Å²) in [7, 11) is 0. The zero-order chi connectivity index (χ0) is 12.3. The third-order valence-corrected chi connectivity index (χ3v) is 3.97. The van der Waals surface area contributed by atoms with Crippen molar-refractivity contribution in [2.24, 2.45) is 5.92 Å². The molecule has 0 aromatic heterocycles. The standard InChI is InChI=1S/C13H16INO2/c14-11-5-1-3-9(7-11)13(17)15-12-6-2-4-10(12)8-16/h1,3,5,7,10,12,16H,2,4,6,8H2,(H,15,17). The second-order valence-electron chi connectivity index (χ2n) is 4.46. The van der Waals surface area contributed by atoms with Crippen LogP contribution in [0.25, 0.3) is 0 Å². The van der Waals surface area contributed by atoms with E-state index in [1.165, 1.54) is 0 Å². The topological polar surface area (TPSA) is 49.3 Å². The molecule has 1 saturated carbocycles. The number of hydrogen-bond acceptors (Lipinski definition) is 2. The molecule has 2 N–H and O–H groups in total. The fourth-order valence-corrected chi connectivity index (χ4v) is 2.87. The number of nitrogens with one attached hydrogen (secondary N) is 1. The summed E-state index contributed by atoms with van der Waals surface area (Å²) in [5.74, 6) is 0.190. The molecule has 0 bridgehead atoms. The fraction of sp³-hybridized carbons (Fsp3) is 0.462. The Morgan fingerprint density at radius 3 is 3.00 bits per heavy atom. The minimum Gasteiger partial charge on any atom is -0.396 e. The minimum absolute atomic E-state index is 0.0335. The SMILES string of the molecule is O=C(NC1CCCC1CO)c1cccc(I)c1. The normalized spacial score (nSPS) is 23.6. The van der Waals surface area contributed by atoms with E-state index in [1.54, 1.807) is 0 Å². The number of hydrogen-bond donors (Lipinski definition) is 2. The van der Waals surface area contributed by atoms with Gasteiger partial charge in [0.05, 0.1) is 0 Å². The van der Waals surface area contributed by atoms with Gasteiger partial charge in [-0.05, 0) is 53.6 Å². The first-order chi connectivity index (χ1) is 8.20. The first-order valence-corrected chi connectivity index (χ1v) is 6.96. The van der Waals surface area contributed by atoms with Gasteiger partial charge in [-0.15, -0.1) is 0 Å². The maximum absolute atomic E-state index is 12.0. The number of carbonyl (C=O) groups is 1. The smallest absolute Gasteiger partial charge is 0.251 e. The molecule has 4 heteroatoms. The molecule has 92 valence electrons. The molecule has 0 radical (unpaired) electrons. The summed E-state index contributed by atoms with van der Waals surface area (Å²) in [6.07, 6.45) is 3.07. The average molecular weight is 345 g/mol. The summed E-state index contributed by atoms with van der Waals surface area (Å²) in [5, 5.41) is 12.2. The van der Waals surface area contributed by atoms with Crippen molar-refractivity contribution in [3.05, 3.63) is 33.4 Å². The summed E-state index contributed by atoms with van der Waals surface area (Å²) in [6, 6.07) is 7.67. The number of aliphatic hydroxyl groups excluding tert-OH is 1. The van der Waals surface area contributed by atoms with Gasteiger partial charge in [-0.1, -0.05) is 12.5 Å². The molecule has 1 aromatic carbocycles. The second-order valence-corrected chi connectivity index (χ2v) is 5.71. The molecule has 0 spiro atoms. The van der Waals surface area contributed by atoms with E-state index in [2.05, 4.69) is 27.9 Å². The Kier molecular flexibility index (Phi) is 4.39. The van der Waals surface area contributed by atoms with Crippen LogP contribution < -0.4 is 5.32 Å². The Morgan fingerprint density at radius 2 is 2.29 bits per heavy atom. The van der Waals surface area contributed by atoms with E-state index in [4.69, 9.17) is 0 Å². The molecule has 2 rings (SSSR count). The lowest BCUT2D eigenvalue weighted by Crippen LogP contribution is -2.38. The predicted molar refractivity (Wildman–Crippen MR) is 74.8 cm³/mol. The lowest BCUT2D eigenvalue weighted by Gasteiger charge is -2.19. The Bertz CT molecular complexity index is 408. The van der Waals surface area contributed by atoms with Crippen LogP contribution in [0.5, 0.6) is 0 Å². The van der Waals surface area contributed by atoms with Gasteiger partial charge in [0.1, 0.15) is 0 Å². The fourth-order valence-electron chi connectivity index (χ4n) is 2.33. The van der Waals surface area contributed by atoms with Crippen LogP contribution in [0.4, 0.5) is 0 Å². The van der Waals surface area contributed by atoms with Gasteiger partial charge in [0.2, 0.25) is 0 Å². The van der Waals surface area contributed by atoms with Gasteiger partial charge >= 0.3 is 0 Å². The zero-order valence-corrected chi connectivity index (χ0v) is 11.7. The second kappa shape index (κ2) is 5.82. The first-order valence-electron chi connectivity index (χ1n) is 5.88. The van der Waals surface area contributed by atoms with Crippen molar-refractivity contribution in [3.63, 3.8) is 0 Å². The predicted octanol–water partition coefficient (Wildman–Crippen LogP) is 2.18. The molecule has 2 unspecified atom stereocenters. The monoisotopic (exact) mass is 345 g/mol. The van der Waals surface area contributed by atoms with Crippen molar-refractivity contribution in [3.8, 4) is 0 Å². The number of halogens is 1. The molecule has 0 saturated heterocycles. The summed E-state index contributed by atoms with van der Waals surface area (Å²) in [5.41, 5.74) is 0.695. The van der Waals surface area contributed by atoms with Crippen molar-refractivity contribution >= 4 is 28.5 Å². The van der Waals surface area contributed by atoms with Crippen LogP contribution in [0.3, 0.4) is 0 Å². The molecule has 1 aliphatic carbocycles. The Morgan fingerprint density at radius 1 is 1.47 bits per heavy atom. The molecule has 0 heterocycles. The summed E-state index contributed by atoms with van der Waals surface area (Å²) >= 11 is 2.19. The van der Waals surface area contributed by atoms with E-state index in [-0.39, 0.29) is 24.5 Å². The third kappa shape index (κ3) is 3.19. The molecule has 1 fully saturated rings. The lowest BCUT2D eigenvalue weighted by molar-refractivity contribution is 0.0916. The summed E-state index contributed by atoms with van der Waals surface area (Å²) in [4.78, 5) is 12.0. The molecule has 1 amide bonds. The van der Waals surface area contributed by atoms with E-state index in [9.17, 15) is 9.90 Å². The number of rotatable bonds is 3. The molecular formula is C13H16INO2. The number of carbonyl (C=O) groups excluding carboxylic acids is 1. The highest BCUT2D eigenvalue weighted by molar-refractivity contribution is 14.1. The maximum atomic E-state index is 12.0. The van der Waals surface area contributed by atoms with Crippen LogP contribution in [0.2, 0.25) is 0 Å². The van der Waals surface area contributed by atoms with Crippen LogP contribution in [-0.2, 0) is 0 Å². The molecule has 1 aliphatic rings. The van der Waals surface area contributed by atoms with Gasteiger partial charge in [-0.25, -0.2) is 0 Å². The summed E-state index contributed by atoms with van der Waals surface area (Å²) in [6.45, 7) is 0.164. The van der Waals surface area contributed by atoms with E-state index in [0.717, 1.165) is 22.8 Å². The molecule has 0 aliphatic heterocycles. The number of benzene rings is 1. The van der Waals surface area contributed by atoms with E-state index in [1.807, 2.05) is 24.3 Å². The van der Waals surface area contributed by atoms with Crippen LogP contribution in [0, 0.1) is 9.49 Å². The molecule has 17 heavy (non-hydrogen) atoms. The lowest BCUT2D eigenvalue weighted by atomic mass is 10.0. The highest BCUT2D eigenvalue weighted by Crippen LogP contribution is 2.25. The van der Waals surface area contributed by atoms with Crippen molar-refractivity contribution in [1.29, 1.82) is 0 Å². The van der Waals surface area contributed by atoms with E-state index < -0.39 is 0 Å². The van der Waals surface area contributed by atoms with Crippen molar-refractivity contribution in [2.45, 2.75) is 25.3 Å².